The molecular formula is C16H29N3. The predicted octanol–water partition coefficient (Wildman–Crippen LogP) is 1.67. The first-order valence-corrected chi connectivity index (χ1v) is 8.47. The number of nitrogens with two attached hydrogens (primary N) is 1. The van der Waals surface area contributed by atoms with Crippen molar-refractivity contribution >= 4 is 0 Å². The van der Waals surface area contributed by atoms with Crippen LogP contribution in [0, 0.1) is 11.8 Å². The van der Waals surface area contributed by atoms with Crippen molar-refractivity contribution in [3.63, 3.8) is 0 Å². The van der Waals surface area contributed by atoms with Crippen LogP contribution in [0.2, 0.25) is 0 Å². The van der Waals surface area contributed by atoms with Gasteiger partial charge in [-0.1, -0.05) is 6.42 Å². The van der Waals surface area contributed by atoms with Crippen LogP contribution < -0.4 is 5.73 Å². The third-order valence-electron chi connectivity index (χ3n) is 6.32. The van der Waals surface area contributed by atoms with Crippen LogP contribution in [0.3, 0.4) is 0 Å². The molecule has 2 aliphatic heterocycles. The third-order valence-corrected chi connectivity index (χ3v) is 6.32. The highest BCUT2D eigenvalue weighted by atomic mass is 15.3. The van der Waals surface area contributed by atoms with E-state index >= 15 is 0 Å². The van der Waals surface area contributed by atoms with Crippen LogP contribution >= 0.6 is 0 Å². The van der Waals surface area contributed by atoms with Crippen molar-refractivity contribution in [3.05, 3.63) is 0 Å². The van der Waals surface area contributed by atoms with E-state index in [4.69, 9.17) is 5.73 Å². The van der Waals surface area contributed by atoms with E-state index in [2.05, 4.69) is 16.7 Å². The third kappa shape index (κ3) is 2.24. The molecule has 4 aliphatic rings. The van der Waals surface area contributed by atoms with Crippen molar-refractivity contribution in [1.29, 1.82) is 0 Å². The summed E-state index contributed by atoms with van der Waals surface area (Å²) in [6, 6.07) is 3.07. The predicted molar refractivity (Wildman–Crippen MR) is 78.0 cm³/mol. The molecule has 4 fully saturated rings. The fraction of sp³-hybridized carbons (Fsp3) is 1.00. The monoisotopic (exact) mass is 263 g/mol. The van der Waals surface area contributed by atoms with Crippen molar-refractivity contribution in [2.24, 2.45) is 17.6 Å². The van der Waals surface area contributed by atoms with Crippen LogP contribution in [0.15, 0.2) is 0 Å². The molecule has 0 aromatic carbocycles. The topological polar surface area (TPSA) is 32.5 Å². The second-order valence-corrected chi connectivity index (χ2v) is 7.64. The lowest BCUT2D eigenvalue weighted by atomic mass is 9.78. The zero-order chi connectivity index (χ0) is 13.0. The highest BCUT2D eigenvalue weighted by molar-refractivity contribution is 5.01. The van der Waals surface area contributed by atoms with Gasteiger partial charge in [-0.05, 0) is 50.9 Å². The Bertz CT molecular complexity index is 341. The summed E-state index contributed by atoms with van der Waals surface area (Å²) in [5.41, 5.74) is 6.36. The minimum absolute atomic E-state index is 0.488. The second kappa shape index (κ2) is 4.71. The molecule has 5 unspecified atom stereocenters. The van der Waals surface area contributed by atoms with Crippen LogP contribution in [0.1, 0.15) is 45.4 Å². The molecule has 2 heterocycles. The zero-order valence-corrected chi connectivity index (χ0v) is 12.3. The Kier molecular flexibility index (Phi) is 3.13. The van der Waals surface area contributed by atoms with E-state index in [9.17, 15) is 0 Å². The minimum atomic E-state index is 0.488. The standard InChI is InChI=1S/C16H29N3/c1-11-7-14(9-19(11)13-5-6-13)18-8-12-3-2-4-16(17)15(12)10-18/h11-16H,2-10,17H2,1H3. The molecule has 0 bridgehead atoms. The van der Waals surface area contributed by atoms with Gasteiger partial charge in [0.2, 0.25) is 0 Å². The fourth-order valence-corrected chi connectivity index (χ4v) is 5.06. The van der Waals surface area contributed by atoms with E-state index in [-0.39, 0.29) is 0 Å². The van der Waals surface area contributed by atoms with Gasteiger partial charge in [0.25, 0.3) is 0 Å². The summed E-state index contributed by atoms with van der Waals surface area (Å²) in [5.74, 6) is 1.72. The van der Waals surface area contributed by atoms with E-state index in [1.165, 1.54) is 58.2 Å². The quantitative estimate of drug-likeness (QED) is 0.822. The van der Waals surface area contributed by atoms with E-state index in [0.29, 0.717) is 6.04 Å². The molecule has 0 aromatic rings. The number of rotatable bonds is 2. The molecular weight excluding hydrogens is 234 g/mol. The molecule has 0 spiro atoms. The Morgan fingerprint density at radius 3 is 2.53 bits per heavy atom. The fourth-order valence-electron chi connectivity index (χ4n) is 5.06. The molecule has 2 saturated carbocycles. The molecule has 3 nitrogen and oxygen atoms in total. The van der Waals surface area contributed by atoms with E-state index < -0.39 is 0 Å². The van der Waals surface area contributed by atoms with E-state index in [1.54, 1.807) is 0 Å². The average molecular weight is 263 g/mol. The summed E-state index contributed by atoms with van der Waals surface area (Å²) in [7, 11) is 0. The molecule has 3 heteroatoms. The minimum Gasteiger partial charge on any atom is -0.327 e. The number of hydrogen-bond donors (Lipinski definition) is 1. The maximum Gasteiger partial charge on any atom is 0.0238 e. The summed E-state index contributed by atoms with van der Waals surface area (Å²) in [4.78, 5) is 5.59. The normalized spacial score (nSPS) is 48.6. The smallest absolute Gasteiger partial charge is 0.0238 e. The average Bonchev–Trinajstić information content (AvgIpc) is 3.00. The van der Waals surface area contributed by atoms with E-state index in [1.807, 2.05) is 0 Å². The maximum absolute atomic E-state index is 6.36. The molecule has 0 amide bonds. The summed E-state index contributed by atoms with van der Waals surface area (Å²) >= 11 is 0. The number of likely N-dealkylation sites (tertiary alicyclic amines) is 2. The molecule has 19 heavy (non-hydrogen) atoms. The van der Waals surface area contributed by atoms with Crippen LogP contribution in [0.4, 0.5) is 0 Å². The van der Waals surface area contributed by atoms with Gasteiger partial charge in [-0.25, -0.2) is 0 Å². The van der Waals surface area contributed by atoms with Gasteiger partial charge in [0.05, 0.1) is 0 Å². The Labute approximate surface area is 117 Å². The SMILES string of the molecule is CC1CC(N2CC3CCCC(N)C3C2)CN1C1CC1. The van der Waals surface area contributed by atoms with Gasteiger partial charge in [0.1, 0.15) is 0 Å². The lowest BCUT2D eigenvalue weighted by Gasteiger charge is -2.30. The summed E-state index contributed by atoms with van der Waals surface area (Å²) in [5, 5.41) is 0. The van der Waals surface area contributed by atoms with Crippen molar-refractivity contribution in [2.75, 3.05) is 19.6 Å². The van der Waals surface area contributed by atoms with Crippen LogP contribution in [0.25, 0.3) is 0 Å². The van der Waals surface area contributed by atoms with Crippen molar-refractivity contribution in [3.8, 4) is 0 Å². The van der Waals surface area contributed by atoms with Gasteiger partial charge >= 0.3 is 0 Å². The Morgan fingerprint density at radius 2 is 1.79 bits per heavy atom. The maximum atomic E-state index is 6.36. The largest absolute Gasteiger partial charge is 0.327 e. The molecule has 5 atom stereocenters. The van der Waals surface area contributed by atoms with Crippen molar-refractivity contribution in [2.45, 2.75) is 69.6 Å². The number of fused-ring (bicyclic) bond motifs is 1. The second-order valence-electron chi connectivity index (χ2n) is 7.64. The summed E-state index contributed by atoms with van der Waals surface area (Å²) in [6.45, 7) is 6.41. The number of nitrogens with zero attached hydrogens (tertiary/aromatic N) is 2. The first kappa shape index (κ1) is 12.6. The van der Waals surface area contributed by atoms with Gasteiger partial charge in [0.15, 0.2) is 0 Å². The van der Waals surface area contributed by atoms with Gasteiger partial charge in [0, 0.05) is 43.8 Å². The van der Waals surface area contributed by atoms with Crippen LogP contribution in [0.5, 0.6) is 0 Å². The van der Waals surface area contributed by atoms with Gasteiger partial charge < -0.3 is 5.73 Å². The van der Waals surface area contributed by atoms with Gasteiger partial charge in [-0.2, -0.15) is 0 Å². The highest BCUT2D eigenvalue weighted by Gasteiger charge is 2.45. The van der Waals surface area contributed by atoms with Gasteiger partial charge in [-0.3, -0.25) is 9.80 Å². The lowest BCUT2D eigenvalue weighted by molar-refractivity contribution is 0.212. The Balaban J connectivity index is 1.41. The molecule has 0 radical (unpaired) electrons. The summed E-state index contributed by atoms with van der Waals surface area (Å²) in [6.07, 6.45) is 8.37. The van der Waals surface area contributed by atoms with Gasteiger partial charge in [-0.15, -0.1) is 0 Å². The summed E-state index contributed by atoms with van der Waals surface area (Å²) < 4.78 is 0. The molecule has 2 aliphatic carbocycles. The molecule has 2 N–H and O–H groups in total. The van der Waals surface area contributed by atoms with E-state index in [0.717, 1.165) is 30.0 Å². The van der Waals surface area contributed by atoms with Crippen molar-refractivity contribution in [1.82, 2.24) is 9.80 Å². The van der Waals surface area contributed by atoms with Crippen LogP contribution in [-0.2, 0) is 0 Å². The van der Waals surface area contributed by atoms with Crippen molar-refractivity contribution < 1.29 is 0 Å². The highest BCUT2D eigenvalue weighted by Crippen LogP contribution is 2.40. The molecule has 108 valence electrons. The Morgan fingerprint density at radius 1 is 0.947 bits per heavy atom. The van der Waals surface area contributed by atoms with Crippen LogP contribution in [-0.4, -0.2) is 53.6 Å². The number of hydrogen-bond acceptors (Lipinski definition) is 3. The molecule has 4 rings (SSSR count). The first-order valence-electron chi connectivity index (χ1n) is 8.47. The molecule has 2 saturated heterocycles. The zero-order valence-electron chi connectivity index (χ0n) is 12.3. The first-order chi connectivity index (χ1) is 9.22. The lowest BCUT2D eigenvalue weighted by Crippen LogP contribution is -2.39. The molecule has 0 aromatic heterocycles. The Hall–Kier alpha value is -0.120.